The maximum atomic E-state index is 12.8. The molecule has 0 aromatic carbocycles. The van der Waals surface area contributed by atoms with Gasteiger partial charge in [-0.15, -0.1) is 0 Å². The predicted octanol–water partition coefficient (Wildman–Crippen LogP) is 2.79. The molecule has 0 radical (unpaired) electrons. The van der Waals surface area contributed by atoms with Gasteiger partial charge in [0.2, 0.25) is 0 Å². The fraction of sp³-hybridized carbons (Fsp3) is 0.750. The van der Waals surface area contributed by atoms with Gasteiger partial charge in [0.05, 0.1) is 29.6 Å². The second-order valence-electron chi connectivity index (χ2n) is 8.85. The Bertz CT molecular complexity index is 637. The van der Waals surface area contributed by atoms with Crippen LogP contribution in [-0.2, 0) is 0 Å². The number of hydrogen-bond acceptors (Lipinski definition) is 5. The van der Waals surface area contributed by atoms with Crippen molar-refractivity contribution in [1.82, 2.24) is 0 Å². The minimum atomic E-state index is -1.39. The van der Waals surface area contributed by atoms with Crippen LogP contribution in [0.4, 0.5) is 0 Å². The Labute approximate surface area is 149 Å². The summed E-state index contributed by atoms with van der Waals surface area (Å²) in [6.45, 7) is 7.67. The molecule has 2 saturated carbocycles. The van der Waals surface area contributed by atoms with Crippen LogP contribution >= 0.6 is 0 Å². The van der Waals surface area contributed by atoms with Crippen LogP contribution in [0.15, 0.2) is 23.0 Å². The van der Waals surface area contributed by atoms with Gasteiger partial charge in [0.15, 0.2) is 5.78 Å². The number of fused-ring (bicyclic) bond motifs is 1. The maximum Gasteiger partial charge on any atom is 0.166 e. The van der Waals surface area contributed by atoms with E-state index < -0.39 is 23.2 Å². The van der Waals surface area contributed by atoms with Crippen molar-refractivity contribution in [3.63, 3.8) is 0 Å². The number of furan rings is 1. The number of ketones is 1. The fourth-order valence-electron chi connectivity index (χ4n) is 5.56. The fourth-order valence-corrected chi connectivity index (χ4v) is 5.56. The van der Waals surface area contributed by atoms with E-state index in [0.29, 0.717) is 31.2 Å². The van der Waals surface area contributed by atoms with Gasteiger partial charge in [-0.05, 0) is 49.5 Å². The van der Waals surface area contributed by atoms with Gasteiger partial charge >= 0.3 is 0 Å². The molecule has 0 saturated heterocycles. The van der Waals surface area contributed by atoms with Crippen LogP contribution in [-0.4, -0.2) is 38.9 Å². The van der Waals surface area contributed by atoms with E-state index in [1.165, 1.54) is 12.5 Å². The third-order valence-corrected chi connectivity index (χ3v) is 7.77. The largest absolute Gasteiger partial charge is 0.472 e. The summed E-state index contributed by atoms with van der Waals surface area (Å²) >= 11 is 0. The van der Waals surface area contributed by atoms with Gasteiger partial charge in [-0.1, -0.05) is 20.8 Å². The van der Waals surface area contributed by atoms with Crippen molar-refractivity contribution in [3.05, 3.63) is 24.2 Å². The molecule has 1 heterocycles. The van der Waals surface area contributed by atoms with Crippen LogP contribution in [0.25, 0.3) is 0 Å². The summed E-state index contributed by atoms with van der Waals surface area (Å²) in [6.07, 6.45) is 3.38. The first-order chi connectivity index (χ1) is 11.5. The van der Waals surface area contributed by atoms with Gasteiger partial charge in [0, 0.05) is 11.8 Å². The Morgan fingerprint density at radius 1 is 1.24 bits per heavy atom. The minimum absolute atomic E-state index is 0.0209. The van der Waals surface area contributed by atoms with Gasteiger partial charge in [-0.3, -0.25) is 4.79 Å². The Morgan fingerprint density at radius 3 is 2.52 bits per heavy atom. The average molecular weight is 350 g/mol. The summed E-state index contributed by atoms with van der Waals surface area (Å²) in [5, 5.41) is 32.3. The molecule has 5 nitrogen and oxygen atoms in total. The minimum Gasteiger partial charge on any atom is -0.472 e. The van der Waals surface area contributed by atoms with Crippen molar-refractivity contribution < 1.29 is 24.5 Å². The molecule has 2 aliphatic rings. The van der Waals surface area contributed by atoms with Crippen LogP contribution in [0.1, 0.15) is 63.7 Å². The molecule has 5 heteroatoms. The van der Waals surface area contributed by atoms with Crippen molar-refractivity contribution in [2.75, 3.05) is 0 Å². The second-order valence-corrected chi connectivity index (χ2v) is 8.85. The highest BCUT2D eigenvalue weighted by molar-refractivity contribution is 5.96. The molecule has 2 aliphatic carbocycles. The monoisotopic (exact) mass is 350 g/mol. The SMILES string of the molecule is CC1CC(O)C2(C)C(CCC(O)C2(C)O)C1(C)CC(=O)c1ccoc1. The quantitative estimate of drug-likeness (QED) is 0.729. The third-order valence-electron chi connectivity index (χ3n) is 7.77. The van der Waals surface area contributed by atoms with E-state index in [2.05, 4.69) is 13.8 Å². The summed E-state index contributed by atoms with van der Waals surface area (Å²) in [7, 11) is 0. The van der Waals surface area contributed by atoms with Gasteiger partial charge < -0.3 is 19.7 Å². The van der Waals surface area contributed by atoms with Crippen molar-refractivity contribution in [2.45, 2.75) is 71.2 Å². The lowest BCUT2D eigenvalue weighted by Crippen LogP contribution is -2.70. The molecule has 0 aliphatic heterocycles. The molecule has 1 aromatic rings. The van der Waals surface area contributed by atoms with Crippen molar-refractivity contribution in [2.24, 2.45) is 22.7 Å². The highest BCUT2D eigenvalue weighted by Gasteiger charge is 2.66. The highest BCUT2D eigenvalue weighted by atomic mass is 16.3. The van der Waals surface area contributed by atoms with Crippen LogP contribution in [0.2, 0.25) is 0 Å². The summed E-state index contributed by atoms with van der Waals surface area (Å²) in [5.74, 6) is 0.0862. The lowest BCUT2D eigenvalue weighted by Gasteiger charge is -2.65. The van der Waals surface area contributed by atoms with Crippen molar-refractivity contribution >= 4 is 5.78 Å². The molecule has 0 spiro atoms. The van der Waals surface area contributed by atoms with Crippen molar-refractivity contribution in [3.8, 4) is 0 Å². The lowest BCUT2D eigenvalue weighted by atomic mass is 9.42. The molecule has 0 amide bonds. The van der Waals surface area contributed by atoms with E-state index >= 15 is 0 Å². The molecule has 140 valence electrons. The van der Waals surface area contributed by atoms with E-state index in [1.807, 2.05) is 6.92 Å². The topological polar surface area (TPSA) is 90.9 Å². The van der Waals surface area contributed by atoms with E-state index in [4.69, 9.17) is 4.42 Å². The first-order valence-corrected chi connectivity index (χ1v) is 9.19. The zero-order chi connectivity index (χ0) is 18.6. The van der Waals surface area contributed by atoms with E-state index in [9.17, 15) is 20.1 Å². The smallest absolute Gasteiger partial charge is 0.166 e. The zero-order valence-corrected chi connectivity index (χ0v) is 15.5. The normalized spacial score (nSPS) is 47.3. The van der Waals surface area contributed by atoms with E-state index in [-0.39, 0.29) is 23.0 Å². The number of rotatable bonds is 3. The average Bonchev–Trinajstić information content (AvgIpc) is 3.06. The predicted molar refractivity (Wildman–Crippen MR) is 93.0 cm³/mol. The summed E-state index contributed by atoms with van der Waals surface area (Å²) in [5.41, 5.74) is -2.06. The molecule has 3 N–H and O–H groups in total. The van der Waals surface area contributed by atoms with E-state index in [1.54, 1.807) is 13.0 Å². The summed E-state index contributed by atoms with van der Waals surface area (Å²) in [4.78, 5) is 12.8. The highest BCUT2D eigenvalue weighted by Crippen LogP contribution is 2.64. The molecule has 2 fully saturated rings. The summed E-state index contributed by atoms with van der Waals surface area (Å²) in [6, 6.07) is 1.67. The van der Waals surface area contributed by atoms with Gasteiger partial charge in [-0.25, -0.2) is 0 Å². The first-order valence-electron chi connectivity index (χ1n) is 9.19. The Hall–Kier alpha value is -1.17. The number of aliphatic hydroxyl groups is 3. The second kappa shape index (κ2) is 5.93. The van der Waals surface area contributed by atoms with Gasteiger partial charge in [0.1, 0.15) is 6.26 Å². The number of aliphatic hydroxyl groups excluding tert-OH is 2. The Balaban J connectivity index is 2.00. The first kappa shape index (κ1) is 18.6. The molecular weight excluding hydrogens is 320 g/mol. The maximum absolute atomic E-state index is 12.8. The molecule has 1 aromatic heterocycles. The molecule has 7 unspecified atom stereocenters. The number of hydrogen-bond donors (Lipinski definition) is 3. The molecular formula is C20H30O5. The molecule has 0 bridgehead atoms. The van der Waals surface area contributed by atoms with Crippen LogP contribution in [0, 0.1) is 22.7 Å². The van der Waals surface area contributed by atoms with Crippen LogP contribution < -0.4 is 0 Å². The Kier molecular flexibility index (Phi) is 4.42. The molecule has 25 heavy (non-hydrogen) atoms. The van der Waals surface area contributed by atoms with Crippen molar-refractivity contribution in [1.29, 1.82) is 0 Å². The number of Topliss-reactive ketones (excluding diaryl/α,β-unsaturated/α-hetero) is 1. The van der Waals surface area contributed by atoms with Gasteiger partial charge in [0.25, 0.3) is 0 Å². The van der Waals surface area contributed by atoms with Crippen LogP contribution in [0.5, 0.6) is 0 Å². The standard InChI is InChI=1S/C20H30O5/c1-12-9-17(23)19(3)15(5-6-16(22)20(19,4)24)18(12,2)10-14(21)13-7-8-25-11-13/h7-8,11-12,15-17,22-24H,5-6,9-10H2,1-4H3. The molecule has 7 atom stereocenters. The van der Waals surface area contributed by atoms with E-state index in [0.717, 1.165) is 0 Å². The zero-order valence-electron chi connectivity index (χ0n) is 15.5. The summed E-state index contributed by atoms with van der Waals surface area (Å²) < 4.78 is 5.04. The molecule has 3 rings (SSSR count). The third kappa shape index (κ3) is 2.51. The van der Waals surface area contributed by atoms with Crippen LogP contribution in [0.3, 0.4) is 0 Å². The number of carbonyl (C=O) groups is 1. The number of carbonyl (C=O) groups excluding carboxylic acids is 1. The van der Waals surface area contributed by atoms with Gasteiger partial charge in [-0.2, -0.15) is 0 Å². The lowest BCUT2D eigenvalue weighted by molar-refractivity contribution is -0.270. The Morgan fingerprint density at radius 2 is 1.92 bits per heavy atom.